The van der Waals surface area contributed by atoms with Crippen molar-refractivity contribution in [3.63, 3.8) is 0 Å². The number of nitrogens with zero attached hydrogens (tertiary/aromatic N) is 2. The van der Waals surface area contributed by atoms with Gasteiger partial charge < -0.3 is 19.7 Å². The predicted molar refractivity (Wildman–Crippen MR) is 107 cm³/mol. The standard InChI is InChI=1S/C22H21N3O3/c26-22-16-27-14-13-25(22)15-17-4-8-19(9-5-17)28-20-10-6-18(7-11-20)24-21-3-1-2-12-23-21/h1-12H,13-16H2,(H,23,24). The van der Waals surface area contributed by atoms with E-state index in [9.17, 15) is 4.79 Å². The summed E-state index contributed by atoms with van der Waals surface area (Å²) in [6.07, 6.45) is 1.75. The summed E-state index contributed by atoms with van der Waals surface area (Å²) in [5.41, 5.74) is 2.01. The summed E-state index contributed by atoms with van der Waals surface area (Å²) in [6.45, 7) is 2.00. The molecule has 1 fully saturated rings. The van der Waals surface area contributed by atoms with Gasteiger partial charge in [-0.25, -0.2) is 4.98 Å². The molecule has 1 saturated heterocycles. The first-order valence-electron chi connectivity index (χ1n) is 9.17. The smallest absolute Gasteiger partial charge is 0.248 e. The van der Waals surface area contributed by atoms with Gasteiger partial charge in [0.1, 0.15) is 23.9 Å². The lowest BCUT2D eigenvalue weighted by Crippen LogP contribution is -2.40. The molecule has 6 nitrogen and oxygen atoms in total. The molecule has 142 valence electrons. The molecule has 0 spiro atoms. The Balaban J connectivity index is 1.34. The fourth-order valence-corrected chi connectivity index (χ4v) is 2.93. The summed E-state index contributed by atoms with van der Waals surface area (Å²) >= 11 is 0. The van der Waals surface area contributed by atoms with E-state index in [4.69, 9.17) is 9.47 Å². The van der Waals surface area contributed by atoms with Gasteiger partial charge in [0.05, 0.1) is 6.61 Å². The Hall–Kier alpha value is -3.38. The molecule has 0 aliphatic carbocycles. The Morgan fingerprint density at radius 3 is 2.43 bits per heavy atom. The molecule has 1 aliphatic rings. The molecule has 0 bridgehead atoms. The van der Waals surface area contributed by atoms with Crippen molar-refractivity contribution < 1.29 is 14.3 Å². The summed E-state index contributed by atoms with van der Waals surface area (Å²) in [6, 6.07) is 21.2. The minimum atomic E-state index is 0.0333. The van der Waals surface area contributed by atoms with Crippen LogP contribution in [-0.2, 0) is 16.1 Å². The molecule has 1 N–H and O–H groups in total. The minimum absolute atomic E-state index is 0.0333. The van der Waals surface area contributed by atoms with Gasteiger partial charge in [0, 0.05) is 25.0 Å². The molecule has 2 aromatic carbocycles. The van der Waals surface area contributed by atoms with Crippen molar-refractivity contribution in [2.45, 2.75) is 6.54 Å². The van der Waals surface area contributed by atoms with Crippen molar-refractivity contribution in [3.8, 4) is 11.5 Å². The number of pyridine rings is 1. The first-order chi connectivity index (χ1) is 13.8. The van der Waals surface area contributed by atoms with E-state index in [2.05, 4.69) is 10.3 Å². The van der Waals surface area contributed by atoms with Crippen molar-refractivity contribution in [2.75, 3.05) is 25.1 Å². The molecule has 1 aliphatic heterocycles. The molecule has 2 heterocycles. The lowest BCUT2D eigenvalue weighted by Gasteiger charge is -2.26. The van der Waals surface area contributed by atoms with Crippen LogP contribution in [0.5, 0.6) is 11.5 Å². The van der Waals surface area contributed by atoms with E-state index >= 15 is 0 Å². The van der Waals surface area contributed by atoms with Gasteiger partial charge in [0.15, 0.2) is 0 Å². The predicted octanol–water partition coefficient (Wildman–Crippen LogP) is 3.98. The number of ether oxygens (including phenoxy) is 2. The zero-order valence-corrected chi connectivity index (χ0v) is 15.4. The average molecular weight is 375 g/mol. The third kappa shape index (κ3) is 4.66. The van der Waals surface area contributed by atoms with Crippen LogP contribution in [0.4, 0.5) is 11.5 Å². The fraction of sp³-hybridized carbons (Fsp3) is 0.182. The Kier molecular flexibility index (Phi) is 5.49. The van der Waals surface area contributed by atoms with Gasteiger partial charge in [-0.2, -0.15) is 0 Å². The van der Waals surface area contributed by atoms with Crippen LogP contribution in [0.1, 0.15) is 5.56 Å². The molecular formula is C22H21N3O3. The first-order valence-corrected chi connectivity index (χ1v) is 9.17. The second-order valence-corrected chi connectivity index (χ2v) is 6.48. The highest BCUT2D eigenvalue weighted by molar-refractivity contribution is 5.78. The summed E-state index contributed by atoms with van der Waals surface area (Å²) in [7, 11) is 0. The molecule has 0 saturated carbocycles. The van der Waals surface area contributed by atoms with Crippen LogP contribution < -0.4 is 10.1 Å². The maximum Gasteiger partial charge on any atom is 0.248 e. The molecular weight excluding hydrogens is 354 g/mol. The molecule has 3 aromatic rings. The second-order valence-electron chi connectivity index (χ2n) is 6.48. The number of benzene rings is 2. The molecule has 0 radical (unpaired) electrons. The SMILES string of the molecule is O=C1COCCN1Cc1ccc(Oc2ccc(Nc3ccccn3)cc2)cc1. The Morgan fingerprint density at radius 2 is 1.75 bits per heavy atom. The Morgan fingerprint density at radius 1 is 1.00 bits per heavy atom. The van der Waals surface area contributed by atoms with Crippen molar-refractivity contribution in [1.82, 2.24) is 9.88 Å². The van der Waals surface area contributed by atoms with Crippen molar-refractivity contribution >= 4 is 17.4 Å². The van der Waals surface area contributed by atoms with E-state index in [1.54, 1.807) is 6.20 Å². The van der Waals surface area contributed by atoms with Gasteiger partial charge >= 0.3 is 0 Å². The summed E-state index contributed by atoms with van der Waals surface area (Å²) in [4.78, 5) is 17.9. The zero-order chi connectivity index (χ0) is 19.2. The number of amides is 1. The molecule has 28 heavy (non-hydrogen) atoms. The van der Waals surface area contributed by atoms with E-state index in [1.165, 1.54) is 0 Å². The normalized spacial score (nSPS) is 14.0. The first kappa shape index (κ1) is 18.0. The fourth-order valence-electron chi connectivity index (χ4n) is 2.93. The van der Waals surface area contributed by atoms with Crippen LogP contribution in [0.15, 0.2) is 72.9 Å². The zero-order valence-electron chi connectivity index (χ0n) is 15.4. The number of nitrogens with one attached hydrogen (secondary N) is 1. The lowest BCUT2D eigenvalue weighted by atomic mass is 10.2. The number of carbonyl (C=O) groups is 1. The van der Waals surface area contributed by atoms with E-state index in [0.29, 0.717) is 19.7 Å². The van der Waals surface area contributed by atoms with Crippen LogP contribution in [-0.4, -0.2) is 35.5 Å². The van der Waals surface area contributed by atoms with Gasteiger partial charge in [0.25, 0.3) is 0 Å². The largest absolute Gasteiger partial charge is 0.457 e. The van der Waals surface area contributed by atoms with Crippen LogP contribution >= 0.6 is 0 Å². The van der Waals surface area contributed by atoms with Gasteiger partial charge in [-0.3, -0.25) is 4.79 Å². The number of rotatable bonds is 6. The molecule has 0 atom stereocenters. The number of hydrogen-bond acceptors (Lipinski definition) is 5. The van der Waals surface area contributed by atoms with Gasteiger partial charge in [-0.1, -0.05) is 18.2 Å². The third-order valence-electron chi connectivity index (χ3n) is 4.41. The third-order valence-corrected chi connectivity index (χ3v) is 4.41. The molecule has 1 amide bonds. The van der Waals surface area contributed by atoms with E-state index in [-0.39, 0.29) is 12.5 Å². The molecule has 1 aromatic heterocycles. The van der Waals surface area contributed by atoms with Crippen LogP contribution in [0.2, 0.25) is 0 Å². The summed E-state index contributed by atoms with van der Waals surface area (Å²) < 4.78 is 11.1. The number of hydrogen-bond donors (Lipinski definition) is 1. The van der Waals surface area contributed by atoms with Crippen molar-refractivity contribution in [3.05, 3.63) is 78.5 Å². The average Bonchev–Trinajstić information content (AvgIpc) is 2.73. The number of aromatic nitrogens is 1. The van der Waals surface area contributed by atoms with E-state index in [1.807, 2.05) is 71.6 Å². The highest BCUT2D eigenvalue weighted by Gasteiger charge is 2.18. The summed E-state index contributed by atoms with van der Waals surface area (Å²) in [5.74, 6) is 2.33. The lowest BCUT2D eigenvalue weighted by molar-refractivity contribution is -0.143. The number of anilines is 2. The quantitative estimate of drug-likeness (QED) is 0.706. The van der Waals surface area contributed by atoms with Crippen molar-refractivity contribution in [2.24, 2.45) is 0 Å². The van der Waals surface area contributed by atoms with Crippen LogP contribution in [0.3, 0.4) is 0 Å². The van der Waals surface area contributed by atoms with E-state index < -0.39 is 0 Å². The number of carbonyl (C=O) groups excluding carboxylic acids is 1. The topological polar surface area (TPSA) is 63.7 Å². The van der Waals surface area contributed by atoms with Gasteiger partial charge in [-0.15, -0.1) is 0 Å². The maximum absolute atomic E-state index is 11.8. The molecule has 4 rings (SSSR count). The molecule has 6 heteroatoms. The van der Waals surface area contributed by atoms with Crippen molar-refractivity contribution in [1.29, 1.82) is 0 Å². The van der Waals surface area contributed by atoms with Crippen LogP contribution in [0.25, 0.3) is 0 Å². The highest BCUT2D eigenvalue weighted by atomic mass is 16.5. The Bertz CT molecular complexity index is 912. The number of morpholine rings is 1. The van der Waals surface area contributed by atoms with E-state index in [0.717, 1.165) is 28.6 Å². The highest BCUT2D eigenvalue weighted by Crippen LogP contribution is 2.24. The van der Waals surface area contributed by atoms with Gasteiger partial charge in [-0.05, 0) is 54.1 Å². The monoisotopic (exact) mass is 375 g/mol. The summed E-state index contributed by atoms with van der Waals surface area (Å²) in [5, 5.41) is 3.24. The second kappa shape index (κ2) is 8.54. The van der Waals surface area contributed by atoms with Gasteiger partial charge in [0.2, 0.25) is 5.91 Å². The molecule has 0 unspecified atom stereocenters. The van der Waals surface area contributed by atoms with Crippen LogP contribution in [0, 0.1) is 0 Å². The Labute approximate surface area is 163 Å². The minimum Gasteiger partial charge on any atom is -0.457 e. The maximum atomic E-state index is 11.8.